The van der Waals surface area contributed by atoms with Crippen LogP contribution in [0.25, 0.3) is 0 Å². The van der Waals surface area contributed by atoms with Crippen LogP contribution >= 0.6 is 0 Å². The molecule has 3 aliphatic rings. The fraction of sp³-hybridized carbons (Fsp3) is 0.611. The lowest BCUT2D eigenvalue weighted by molar-refractivity contribution is -0.149. The van der Waals surface area contributed by atoms with Crippen molar-refractivity contribution in [2.24, 2.45) is 23.7 Å². The van der Waals surface area contributed by atoms with E-state index in [9.17, 15) is 9.59 Å². The standard InChI is InChI=1S/C36H52O2/c1-25(2)11-7-13-27(5)15-9-17-29-20-22-32-33(23-29)31-21-19-30(24-34(31)36(38)35(32)37)18-10-16-28(6)14-8-12-26(3)4/h11-12,15-16,19-20,31-34H,7-10,13-14,17-18,21-24H2,1-6H3. The van der Waals surface area contributed by atoms with E-state index in [1.807, 2.05) is 0 Å². The molecule has 0 spiro atoms. The maximum atomic E-state index is 13.1. The molecule has 4 atom stereocenters. The Labute approximate surface area is 233 Å². The van der Waals surface area contributed by atoms with Gasteiger partial charge in [-0.05, 0) is 130 Å². The average molecular weight is 517 g/mol. The van der Waals surface area contributed by atoms with Gasteiger partial charge in [0.25, 0.3) is 0 Å². The van der Waals surface area contributed by atoms with Gasteiger partial charge in [-0.1, -0.05) is 69.9 Å². The number of hydrogen-bond acceptors (Lipinski definition) is 2. The quantitative estimate of drug-likeness (QED) is 0.191. The van der Waals surface area contributed by atoms with Crippen molar-refractivity contribution < 1.29 is 9.59 Å². The first-order valence-corrected chi connectivity index (χ1v) is 15.2. The highest BCUT2D eigenvalue weighted by atomic mass is 16.2. The molecule has 0 heterocycles. The summed E-state index contributed by atoms with van der Waals surface area (Å²) in [5.41, 5.74) is 8.58. The third-order valence-electron chi connectivity index (χ3n) is 8.92. The van der Waals surface area contributed by atoms with Crippen LogP contribution in [-0.4, -0.2) is 11.6 Å². The van der Waals surface area contributed by atoms with Crippen LogP contribution in [0.1, 0.15) is 119 Å². The van der Waals surface area contributed by atoms with Crippen molar-refractivity contribution in [3.05, 3.63) is 69.9 Å². The number of rotatable bonds is 12. The SMILES string of the molecule is CC(C)=CCCC(C)=CCCC1=CCC2C(C1)C(=O)C(=O)C1CC=C(CCC=C(C)CCC=C(C)C)CC12. The molecule has 3 aliphatic carbocycles. The van der Waals surface area contributed by atoms with Crippen LogP contribution < -0.4 is 0 Å². The Morgan fingerprint density at radius 2 is 1.13 bits per heavy atom. The van der Waals surface area contributed by atoms with Crippen LogP contribution in [0.15, 0.2) is 69.9 Å². The molecule has 38 heavy (non-hydrogen) atoms. The zero-order chi connectivity index (χ0) is 27.7. The number of allylic oxidation sites excluding steroid dienone is 12. The maximum Gasteiger partial charge on any atom is 0.202 e. The zero-order valence-corrected chi connectivity index (χ0v) is 25.1. The third-order valence-corrected chi connectivity index (χ3v) is 8.92. The molecule has 0 amide bonds. The summed E-state index contributed by atoms with van der Waals surface area (Å²) in [6.07, 6.45) is 26.3. The van der Waals surface area contributed by atoms with Crippen LogP contribution in [-0.2, 0) is 9.59 Å². The Morgan fingerprint density at radius 1 is 0.632 bits per heavy atom. The van der Waals surface area contributed by atoms with E-state index in [2.05, 4.69) is 78.0 Å². The molecule has 0 bridgehead atoms. The van der Waals surface area contributed by atoms with E-state index >= 15 is 0 Å². The number of hydrogen-bond donors (Lipinski definition) is 0. The van der Waals surface area contributed by atoms with Crippen molar-refractivity contribution in [3.8, 4) is 0 Å². The smallest absolute Gasteiger partial charge is 0.202 e. The zero-order valence-electron chi connectivity index (χ0n) is 25.1. The molecule has 208 valence electrons. The second-order valence-electron chi connectivity index (χ2n) is 12.7. The van der Waals surface area contributed by atoms with E-state index in [4.69, 9.17) is 0 Å². The lowest BCUT2D eigenvalue weighted by Gasteiger charge is -2.45. The molecular formula is C36H52O2. The molecule has 1 fully saturated rings. The highest BCUT2D eigenvalue weighted by Gasteiger charge is 2.50. The fourth-order valence-corrected chi connectivity index (χ4v) is 6.66. The molecule has 1 saturated carbocycles. The monoisotopic (exact) mass is 516 g/mol. The van der Waals surface area contributed by atoms with E-state index < -0.39 is 0 Å². The molecule has 0 aromatic rings. The largest absolute Gasteiger partial charge is 0.291 e. The van der Waals surface area contributed by atoms with Crippen molar-refractivity contribution in [1.29, 1.82) is 0 Å². The topological polar surface area (TPSA) is 34.1 Å². The van der Waals surface area contributed by atoms with E-state index in [1.165, 1.54) is 33.4 Å². The summed E-state index contributed by atoms with van der Waals surface area (Å²) in [4.78, 5) is 26.2. The minimum atomic E-state index is -0.0805. The van der Waals surface area contributed by atoms with Gasteiger partial charge in [-0.25, -0.2) is 0 Å². The van der Waals surface area contributed by atoms with Crippen LogP contribution in [0, 0.1) is 23.7 Å². The Bertz CT molecular complexity index is 1030. The van der Waals surface area contributed by atoms with E-state index in [0.717, 1.165) is 77.0 Å². The molecule has 4 unspecified atom stereocenters. The van der Waals surface area contributed by atoms with Gasteiger partial charge in [0.2, 0.25) is 11.6 Å². The molecule has 0 radical (unpaired) electrons. The minimum absolute atomic E-state index is 0.0675. The predicted molar refractivity (Wildman–Crippen MR) is 162 cm³/mol. The second kappa shape index (κ2) is 14.8. The van der Waals surface area contributed by atoms with Gasteiger partial charge in [-0.15, -0.1) is 0 Å². The first-order valence-electron chi connectivity index (χ1n) is 15.2. The van der Waals surface area contributed by atoms with Crippen molar-refractivity contribution in [2.45, 2.75) is 119 Å². The minimum Gasteiger partial charge on any atom is -0.291 e. The van der Waals surface area contributed by atoms with Crippen molar-refractivity contribution in [1.82, 2.24) is 0 Å². The highest BCUT2D eigenvalue weighted by molar-refractivity contribution is 6.39. The van der Waals surface area contributed by atoms with Gasteiger partial charge in [-0.2, -0.15) is 0 Å². The lowest BCUT2D eigenvalue weighted by Crippen LogP contribution is -2.49. The second-order valence-corrected chi connectivity index (χ2v) is 12.7. The van der Waals surface area contributed by atoms with E-state index in [0.29, 0.717) is 11.8 Å². The average Bonchev–Trinajstić information content (AvgIpc) is 2.86. The summed E-state index contributed by atoms with van der Waals surface area (Å²) < 4.78 is 0. The third kappa shape index (κ3) is 8.92. The van der Waals surface area contributed by atoms with E-state index in [-0.39, 0.29) is 23.4 Å². The Hall–Kier alpha value is -2.22. The van der Waals surface area contributed by atoms with Crippen LogP contribution in [0.2, 0.25) is 0 Å². The lowest BCUT2D eigenvalue weighted by atomic mass is 9.57. The van der Waals surface area contributed by atoms with Crippen molar-refractivity contribution >= 4 is 11.6 Å². The Balaban J connectivity index is 1.55. The number of fused-ring (bicyclic) bond motifs is 3. The summed E-state index contributed by atoms with van der Waals surface area (Å²) in [5.74, 6) is 0.404. The van der Waals surface area contributed by atoms with Crippen LogP contribution in [0.3, 0.4) is 0 Å². The number of Topliss-reactive ketones (excluding diaryl/α,β-unsaturated/α-hetero) is 2. The number of ketones is 2. The highest BCUT2D eigenvalue weighted by Crippen LogP contribution is 2.49. The normalized spacial score (nSPS) is 25.7. The molecule has 2 nitrogen and oxygen atoms in total. The first kappa shape index (κ1) is 30.3. The Morgan fingerprint density at radius 3 is 1.68 bits per heavy atom. The maximum absolute atomic E-state index is 13.1. The first-order chi connectivity index (χ1) is 18.2. The predicted octanol–water partition coefficient (Wildman–Crippen LogP) is 9.99. The molecule has 0 aromatic heterocycles. The van der Waals surface area contributed by atoms with Crippen LogP contribution in [0.4, 0.5) is 0 Å². The molecular weight excluding hydrogens is 464 g/mol. The summed E-state index contributed by atoms with van der Waals surface area (Å²) >= 11 is 0. The number of carbonyl (C=O) groups is 2. The summed E-state index contributed by atoms with van der Waals surface area (Å²) in [6, 6.07) is 0. The van der Waals surface area contributed by atoms with Gasteiger partial charge >= 0.3 is 0 Å². The van der Waals surface area contributed by atoms with Gasteiger partial charge < -0.3 is 0 Å². The van der Waals surface area contributed by atoms with Crippen LogP contribution in [0.5, 0.6) is 0 Å². The van der Waals surface area contributed by atoms with Gasteiger partial charge in [0.1, 0.15) is 0 Å². The molecule has 0 saturated heterocycles. The number of carbonyl (C=O) groups excluding carboxylic acids is 2. The van der Waals surface area contributed by atoms with Gasteiger partial charge in [0, 0.05) is 11.8 Å². The Kier molecular flexibility index (Phi) is 11.8. The van der Waals surface area contributed by atoms with Gasteiger partial charge in [0.05, 0.1) is 0 Å². The van der Waals surface area contributed by atoms with Gasteiger partial charge in [0.15, 0.2) is 0 Å². The fourth-order valence-electron chi connectivity index (χ4n) is 6.66. The molecule has 3 rings (SSSR count). The molecule has 0 aliphatic heterocycles. The summed E-state index contributed by atoms with van der Waals surface area (Å²) in [6.45, 7) is 13.1. The summed E-state index contributed by atoms with van der Waals surface area (Å²) in [7, 11) is 0. The molecule has 0 aromatic carbocycles. The summed E-state index contributed by atoms with van der Waals surface area (Å²) in [5, 5.41) is 0. The van der Waals surface area contributed by atoms with E-state index in [1.54, 1.807) is 0 Å². The van der Waals surface area contributed by atoms with Gasteiger partial charge in [-0.3, -0.25) is 9.59 Å². The molecule has 2 heteroatoms. The molecule has 0 N–H and O–H groups in total. The van der Waals surface area contributed by atoms with Crippen molar-refractivity contribution in [2.75, 3.05) is 0 Å². The van der Waals surface area contributed by atoms with Crippen molar-refractivity contribution in [3.63, 3.8) is 0 Å².